The summed E-state index contributed by atoms with van der Waals surface area (Å²) in [4.78, 5) is 3.59. The molecule has 0 spiro atoms. The zero-order chi connectivity index (χ0) is 15.9. The van der Waals surface area contributed by atoms with Crippen molar-refractivity contribution in [3.63, 3.8) is 0 Å². The predicted molar refractivity (Wildman–Crippen MR) is 87.6 cm³/mol. The van der Waals surface area contributed by atoms with Gasteiger partial charge < -0.3 is 14.4 Å². The van der Waals surface area contributed by atoms with Crippen LogP contribution in [0.3, 0.4) is 0 Å². The Morgan fingerprint density at radius 3 is 2.64 bits per heavy atom. The molecule has 3 aromatic rings. The molecule has 22 heavy (non-hydrogen) atoms. The number of aromatic nitrogens is 1. The average molecular weight is 292 g/mol. The van der Waals surface area contributed by atoms with Gasteiger partial charge in [-0.2, -0.15) is 0 Å². The SMILES string of the molecule is [C-]#[N+]c1cc(-c2ccc(C)c(O)c2)c2ccn(C)c2c1OC. The molecule has 1 N–H and O–H groups in total. The molecule has 0 aliphatic carbocycles. The number of hydrogen-bond donors (Lipinski definition) is 1. The second kappa shape index (κ2) is 5.12. The van der Waals surface area contributed by atoms with E-state index >= 15 is 0 Å². The van der Waals surface area contributed by atoms with Crippen LogP contribution in [0.25, 0.3) is 26.9 Å². The minimum absolute atomic E-state index is 0.252. The lowest BCUT2D eigenvalue weighted by atomic mass is 9.99. The molecule has 3 rings (SSSR count). The molecule has 0 unspecified atom stereocenters. The fourth-order valence-corrected chi connectivity index (χ4v) is 2.73. The van der Waals surface area contributed by atoms with Gasteiger partial charge in [-0.15, -0.1) is 0 Å². The maximum Gasteiger partial charge on any atom is 0.230 e. The van der Waals surface area contributed by atoms with Crippen LogP contribution in [0.4, 0.5) is 5.69 Å². The molecule has 2 aromatic carbocycles. The average Bonchev–Trinajstić information content (AvgIpc) is 2.90. The van der Waals surface area contributed by atoms with E-state index in [0.29, 0.717) is 11.4 Å². The quantitative estimate of drug-likeness (QED) is 0.710. The smallest absolute Gasteiger partial charge is 0.230 e. The van der Waals surface area contributed by atoms with E-state index in [1.165, 1.54) is 0 Å². The van der Waals surface area contributed by atoms with E-state index in [2.05, 4.69) is 4.85 Å². The summed E-state index contributed by atoms with van der Waals surface area (Å²) in [5.74, 6) is 0.833. The summed E-state index contributed by atoms with van der Waals surface area (Å²) < 4.78 is 7.38. The molecule has 0 bridgehead atoms. The van der Waals surface area contributed by atoms with E-state index in [9.17, 15) is 5.11 Å². The number of rotatable bonds is 2. The summed E-state index contributed by atoms with van der Waals surface area (Å²) >= 11 is 0. The second-order valence-electron chi connectivity index (χ2n) is 5.28. The first-order valence-electron chi connectivity index (χ1n) is 6.90. The Bertz CT molecular complexity index is 917. The molecule has 1 aromatic heterocycles. The standard InChI is InChI=1S/C18H16N2O2/c1-11-5-6-12(9-16(11)21)14-10-15(19-2)18(22-4)17-13(14)7-8-20(17)3/h5-10,21H,1,3-4H3. The molecule has 4 heteroatoms. The zero-order valence-electron chi connectivity index (χ0n) is 12.7. The molecular weight excluding hydrogens is 276 g/mol. The molecule has 0 saturated carbocycles. The highest BCUT2D eigenvalue weighted by atomic mass is 16.5. The highest BCUT2D eigenvalue weighted by Crippen LogP contribution is 2.42. The third kappa shape index (κ3) is 1.99. The van der Waals surface area contributed by atoms with Crippen LogP contribution in [0.1, 0.15) is 5.56 Å². The lowest BCUT2D eigenvalue weighted by Crippen LogP contribution is -1.92. The maximum absolute atomic E-state index is 9.98. The van der Waals surface area contributed by atoms with Crippen LogP contribution in [0.2, 0.25) is 0 Å². The number of ether oxygens (including phenoxy) is 1. The molecular formula is C18H16N2O2. The Morgan fingerprint density at radius 1 is 1.23 bits per heavy atom. The van der Waals surface area contributed by atoms with Crippen LogP contribution in [-0.4, -0.2) is 16.8 Å². The molecule has 0 saturated heterocycles. The predicted octanol–water partition coefficient (Wildman–Crippen LogP) is 4.42. The summed E-state index contributed by atoms with van der Waals surface area (Å²) in [6.45, 7) is 9.27. The van der Waals surface area contributed by atoms with Gasteiger partial charge in [-0.05, 0) is 41.8 Å². The Balaban J connectivity index is 2.40. The van der Waals surface area contributed by atoms with Crippen LogP contribution in [0, 0.1) is 13.5 Å². The van der Waals surface area contributed by atoms with Crippen molar-refractivity contribution in [3.8, 4) is 22.6 Å². The molecule has 0 radical (unpaired) electrons. The Kier molecular flexibility index (Phi) is 3.26. The van der Waals surface area contributed by atoms with E-state index in [0.717, 1.165) is 27.6 Å². The van der Waals surface area contributed by atoms with Crippen molar-refractivity contribution in [2.45, 2.75) is 6.92 Å². The zero-order valence-corrected chi connectivity index (χ0v) is 12.7. The first kappa shape index (κ1) is 14.0. The van der Waals surface area contributed by atoms with Gasteiger partial charge in [0.05, 0.1) is 19.2 Å². The molecule has 0 aliphatic rings. The monoisotopic (exact) mass is 292 g/mol. The molecule has 110 valence electrons. The summed E-state index contributed by atoms with van der Waals surface area (Å²) in [5, 5.41) is 11.0. The number of fused-ring (bicyclic) bond motifs is 1. The van der Waals surface area contributed by atoms with Crippen LogP contribution in [0.15, 0.2) is 36.5 Å². The molecule has 0 amide bonds. The number of aryl methyl sites for hydroxylation is 2. The van der Waals surface area contributed by atoms with Crippen LogP contribution in [0.5, 0.6) is 11.5 Å². The highest BCUT2D eigenvalue weighted by Gasteiger charge is 2.17. The van der Waals surface area contributed by atoms with Gasteiger partial charge in [0.1, 0.15) is 5.75 Å². The van der Waals surface area contributed by atoms with Crippen LogP contribution >= 0.6 is 0 Å². The van der Waals surface area contributed by atoms with Crippen molar-refractivity contribution >= 4 is 16.6 Å². The Morgan fingerprint density at radius 2 is 2.00 bits per heavy atom. The van der Waals surface area contributed by atoms with Gasteiger partial charge in [0.25, 0.3) is 0 Å². The third-order valence-electron chi connectivity index (χ3n) is 3.94. The number of phenolic OH excluding ortho intramolecular Hbond substituents is 1. The maximum atomic E-state index is 9.98. The van der Waals surface area contributed by atoms with Gasteiger partial charge in [-0.3, -0.25) is 0 Å². The fraction of sp³-hybridized carbons (Fsp3) is 0.167. The number of aromatic hydroxyl groups is 1. The van der Waals surface area contributed by atoms with E-state index in [1.54, 1.807) is 13.2 Å². The lowest BCUT2D eigenvalue weighted by Gasteiger charge is -2.12. The van der Waals surface area contributed by atoms with Gasteiger partial charge in [-0.1, -0.05) is 12.1 Å². The number of hydrogen-bond acceptors (Lipinski definition) is 2. The van der Waals surface area contributed by atoms with E-state index in [4.69, 9.17) is 11.3 Å². The topological polar surface area (TPSA) is 38.8 Å². The van der Waals surface area contributed by atoms with Crippen molar-refractivity contribution in [3.05, 3.63) is 53.5 Å². The number of phenols is 1. The summed E-state index contributed by atoms with van der Waals surface area (Å²) in [5.41, 5.74) is 3.97. The molecule has 0 fully saturated rings. The minimum Gasteiger partial charge on any atom is -0.508 e. The van der Waals surface area contributed by atoms with E-state index < -0.39 is 0 Å². The third-order valence-corrected chi connectivity index (χ3v) is 3.94. The number of methoxy groups -OCH3 is 1. The van der Waals surface area contributed by atoms with Gasteiger partial charge in [0.15, 0.2) is 5.75 Å². The largest absolute Gasteiger partial charge is 0.508 e. The number of benzene rings is 2. The molecule has 0 aliphatic heterocycles. The highest BCUT2D eigenvalue weighted by molar-refractivity contribution is 6.03. The van der Waals surface area contributed by atoms with E-state index in [1.807, 2.05) is 49.0 Å². The van der Waals surface area contributed by atoms with E-state index in [-0.39, 0.29) is 5.75 Å². The van der Waals surface area contributed by atoms with Crippen molar-refractivity contribution in [2.75, 3.05) is 7.11 Å². The van der Waals surface area contributed by atoms with Gasteiger partial charge in [-0.25, -0.2) is 4.85 Å². The Labute approximate surface area is 129 Å². The van der Waals surface area contributed by atoms with Crippen LogP contribution in [-0.2, 0) is 7.05 Å². The van der Waals surface area contributed by atoms with Gasteiger partial charge >= 0.3 is 0 Å². The fourth-order valence-electron chi connectivity index (χ4n) is 2.73. The first-order chi connectivity index (χ1) is 10.6. The van der Waals surface area contributed by atoms with Gasteiger partial charge in [0, 0.05) is 18.6 Å². The lowest BCUT2D eigenvalue weighted by molar-refractivity contribution is 0.420. The Hall–Kier alpha value is -2.93. The van der Waals surface area contributed by atoms with Gasteiger partial charge in [0.2, 0.25) is 5.69 Å². The van der Waals surface area contributed by atoms with Crippen LogP contribution < -0.4 is 4.74 Å². The van der Waals surface area contributed by atoms with Crippen molar-refractivity contribution in [1.29, 1.82) is 0 Å². The van der Waals surface area contributed by atoms with Crippen molar-refractivity contribution < 1.29 is 9.84 Å². The summed E-state index contributed by atoms with van der Waals surface area (Å²) in [7, 11) is 3.50. The second-order valence-corrected chi connectivity index (χ2v) is 5.28. The number of nitrogens with zero attached hydrogens (tertiary/aromatic N) is 2. The normalized spacial score (nSPS) is 10.6. The van der Waals surface area contributed by atoms with Crippen molar-refractivity contribution in [2.24, 2.45) is 7.05 Å². The molecule has 4 nitrogen and oxygen atoms in total. The molecule has 0 atom stereocenters. The summed E-state index contributed by atoms with van der Waals surface area (Å²) in [6.07, 6.45) is 1.94. The molecule has 1 heterocycles. The summed E-state index contributed by atoms with van der Waals surface area (Å²) in [6, 6.07) is 9.38. The minimum atomic E-state index is 0.252. The van der Waals surface area contributed by atoms with Crippen molar-refractivity contribution in [1.82, 2.24) is 4.57 Å². The first-order valence-corrected chi connectivity index (χ1v) is 6.90.